The summed E-state index contributed by atoms with van der Waals surface area (Å²) in [6.07, 6.45) is 1.87. The van der Waals surface area contributed by atoms with Gasteiger partial charge in [0.05, 0.1) is 18.2 Å². The molecule has 0 fully saturated rings. The third kappa shape index (κ3) is 4.01. The van der Waals surface area contributed by atoms with Crippen molar-refractivity contribution < 1.29 is 14.3 Å². The van der Waals surface area contributed by atoms with Crippen LogP contribution in [0.3, 0.4) is 0 Å². The molecular formula is C20H18N2O3. The van der Waals surface area contributed by atoms with Crippen molar-refractivity contribution in [3.05, 3.63) is 78.0 Å². The van der Waals surface area contributed by atoms with E-state index in [2.05, 4.69) is 10.3 Å². The zero-order chi connectivity index (χ0) is 17.6. The molecule has 1 N–H and O–H groups in total. The first-order chi connectivity index (χ1) is 12.2. The van der Waals surface area contributed by atoms with Crippen LogP contribution in [0.1, 0.15) is 15.9 Å². The van der Waals surface area contributed by atoms with Crippen LogP contribution in [0.4, 0.5) is 0 Å². The van der Waals surface area contributed by atoms with Gasteiger partial charge in [-0.1, -0.05) is 48.5 Å². The molecule has 0 unspecified atom stereocenters. The van der Waals surface area contributed by atoms with Crippen LogP contribution in [0.2, 0.25) is 0 Å². The molecule has 0 saturated carbocycles. The maximum Gasteiger partial charge on any atom is 0.328 e. The highest BCUT2D eigenvalue weighted by atomic mass is 16.5. The Morgan fingerprint density at radius 1 is 1.08 bits per heavy atom. The summed E-state index contributed by atoms with van der Waals surface area (Å²) < 4.78 is 4.82. The first kappa shape index (κ1) is 16.6. The first-order valence-electron chi connectivity index (χ1n) is 7.95. The minimum Gasteiger partial charge on any atom is -0.467 e. The molecule has 25 heavy (non-hydrogen) atoms. The molecule has 0 aliphatic rings. The van der Waals surface area contributed by atoms with Crippen molar-refractivity contribution in [3.63, 3.8) is 0 Å². The second kappa shape index (κ2) is 7.57. The van der Waals surface area contributed by atoms with E-state index in [0.29, 0.717) is 12.0 Å². The SMILES string of the molecule is COC(=O)[C@H](Cc1ccccc1)NC(=O)c1cnc2ccccc2c1. The quantitative estimate of drug-likeness (QED) is 0.729. The van der Waals surface area contributed by atoms with Gasteiger partial charge in [-0.15, -0.1) is 0 Å². The number of methoxy groups -OCH3 is 1. The Morgan fingerprint density at radius 3 is 2.56 bits per heavy atom. The van der Waals surface area contributed by atoms with Gasteiger partial charge in [-0.3, -0.25) is 9.78 Å². The molecular weight excluding hydrogens is 316 g/mol. The van der Waals surface area contributed by atoms with Crippen molar-refractivity contribution in [2.75, 3.05) is 7.11 Å². The standard InChI is InChI=1S/C20H18N2O3/c1-25-20(24)18(11-14-7-3-2-4-8-14)22-19(23)16-12-15-9-5-6-10-17(15)21-13-16/h2-10,12-13,18H,11H2,1H3,(H,22,23)/t18-/m0/s1. The fourth-order valence-corrected chi connectivity index (χ4v) is 2.62. The van der Waals surface area contributed by atoms with Gasteiger partial charge in [-0.25, -0.2) is 4.79 Å². The predicted molar refractivity (Wildman–Crippen MR) is 95.2 cm³/mol. The van der Waals surface area contributed by atoms with E-state index in [1.54, 1.807) is 6.07 Å². The molecule has 5 heteroatoms. The minimum atomic E-state index is -0.758. The minimum absolute atomic E-state index is 0.357. The first-order valence-corrected chi connectivity index (χ1v) is 7.95. The number of benzene rings is 2. The summed E-state index contributed by atoms with van der Waals surface area (Å²) in [4.78, 5) is 28.9. The molecule has 3 rings (SSSR count). The normalized spacial score (nSPS) is 11.7. The Hall–Kier alpha value is -3.21. The smallest absolute Gasteiger partial charge is 0.328 e. The lowest BCUT2D eigenvalue weighted by Crippen LogP contribution is -2.43. The van der Waals surface area contributed by atoms with E-state index in [4.69, 9.17) is 4.74 Å². The number of rotatable bonds is 5. The number of para-hydroxylation sites is 1. The largest absolute Gasteiger partial charge is 0.467 e. The number of aromatic nitrogens is 1. The van der Waals surface area contributed by atoms with Gasteiger partial charge in [0.25, 0.3) is 5.91 Å². The number of ether oxygens (including phenoxy) is 1. The lowest BCUT2D eigenvalue weighted by Gasteiger charge is -2.16. The fourth-order valence-electron chi connectivity index (χ4n) is 2.62. The molecule has 126 valence electrons. The number of pyridine rings is 1. The molecule has 0 aliphatic carbocycles. The van der Waals surface area contributed by atoms with Crippen LogP contribution >= 0.6 is 0 Å². The Morgan fingerprint density at radius 2 is 1.80 bits per heavy atom. The van der Waals surface area contributed by atoms with Gasteiger partial charge in [0, 0.05) is 18.0 Å². The Balaban J connectivity index is 1.79. The summed E-state index contributed by atoms with van der Waals surface area (Å²) in [6.45, 7) is 0. The van der Waals surface area contributed by atoms with Crippen LogP contribution in [-0.2, 0) is 16.0 Å². The van der Waals surface area contributed by atoms with Gasteiger partial charge in [-0.2, -0.15) is 0 Å². The van der Waals surface area contributed by atoms with E-state index in [9.17, 15) is 9.59 Å². The summed E-state index contributed by atoms with van der Waals surface area (Å²) in [5.41, 5.74) is 2.16. The summed E-state index contributed by atoms with van der Waals surface area (Å²) in [5, 5.41) is 3.61. The van der Waals surface area contributed by atoms with E-state index in [1.165, 1.54) is 13.3 Å². The number of nitrogens with one attached hydrogen (secondary N) is 1. The van der Waals surface area contributed by atoms with Gasteiger partial charge in [0.1, 0.15) is 6.04 Å². The lowest BCUT2D eigenvalue weighted by molar-refractivity contribution is -0.142. The highest BCUT2D eigenvalue weighted by molar-refractivity contribution is 5.99. The molecule has 1 atom stereocenters. The van der Waals surface area contributed by atoms with Crippen LogP contribution in [0.25, 0.3) is 10.9 Å². The van der Waals surface area contributed by atoms with Crippen molar-refractivity contribution >= 4 is 22.8 Å². The number of carbonyl (C=O) groups excluding carboxylic acids is 2. The van der Waals surface area contributed by atoms with Crippen LogP contribution in [-0.4, -0.2) is 30.0 Å². The van der Waals surface area contributed by atoms with E-state index in [-0.39, 0.29) is 5.91 Å². The zero-order valence-electron chi connectivity index (χ0n) is 13.8. The number of hydrogen-bond acceptors (Lipinski definition) is 4. The van der Waals surface area contributed by atoms with Gasteiger partial charge < -0.3 is 10.1 Å². The van der Waals surface area contributed by atoms with E-state index < -0.39 is 12.0 Å². The van der Waals surface area contributed by atoms with Crippen molar-refractivity contribution in [2.45, 2.75) is 12.5 Å². The second-order valence-corrected chi connectivity index (χ2v) is 5.66. The predicted octanol–water partition coefficient (Wildman–Crippen LogP) is 2.75. The summed E-state index contributed by atoms with van der Waals surface area (Å²) in [5.74, 6) is -0.837. The van der Waals surface area contributed by atoms with Crippen molar-refractivity contribution in [2.24, 2.45) is 0 Å². The van der Waals surface area contributed by atoms with Gasteiger partial charge >= 0.3 is 5.97 Å². The molecule has 1 aromatic heterocycles. The van der Waals surface area contributed by atoms with Crippen LogP contribution < -0.4 is 5.32 Å². The third-order valence-corrected chi connectivity index (χ3v) is 3.93. The Labute approximate surface area is 145 Å². The molecule has 0 aliphatic heterocycles. The van der Waals surface area contributed by atoms with E-state index in [0.717, 1.165) is 16.5 Å². The molecule has 1 amide bonds. The molecule has 1 heterocycles. The van der Waals surface area contributed by atoms with Crippen molar-refractivity contribution in [3.8, 4) is 0 Å². The number of hydrogen-bond donors (Lipinski definition) is 1. The fraction of sp³-hybridized carbons (Fsp3) is 0.150. The molecule has 0 saturated heterocycles. The lowest BCUT2D eigenvalue weighted by atomic mass is 10.1. The average molecular weight is 334 g/mol. The second-order valence-electron chi connectivity index (χ2n) is 5.66. The zero-order valence-corrected chi connectivity index (χ0v) is 13.8. The summed E-state index contributed by atoms with van der Waals surface area (Å²) >= 11 is 0. The van der Waals surface area contributed by atoms with Gasteiger partial charge in [-0.05, 0) is 17.7 Å². The molecule has 0 bridgehead atoms. The average Bonchev–Trinajstić information content (AvgIpc) is 2.67. The van der Waals surface area contributed by atoms with Crippen LogP contribution in [0.15, 0.2) is 66.9 Å². The topological polar surface area (TPSA) is 68.3 Å². The summed E-state index contributed by atoms with van der Waals surface area (Å²) in [6, 6.07) is 18.0. The number of amides is 1. The molecule has 5 nitrogen and oxygen atoms in total. The third-order valence-electron chi connectivity index (χ3n) is 3.93. The molecule has 2 aromatic carbocycles. The van der Waals surface area contributed by atoms with E-state index in [1.807, 2.05) is 54.6 Å². The van der Waals surface area contributed by atoms with Crippen LogP contribution in [0.5, 0.6) is 0 Å². The summed E-state index contributed by atoms with van der Waals surface area (Å²) in [7, 11) is 1.31. The van der Waals surface area contributed by atoms with Gasteiger partial charge in [0.15, 0.2) is 0 Å². The maximum atomic E-state index is 12.6. The van der Waals surface area contributed by atoms with Crippen molar-refractivity contribution in [1.29, 1.82) is 0 Å². The number of fused-ring (bicyclic) bond motifs is 1. The van der Waals surface area contributed by atoms with Crippen molar-refractivity contribution in [1.82, 2.24) is 10.3 Å². The highest BCUT2D eigenvalue weighted by Gasteiger charge is 2.22. The number of carbonyl (C=O) groups is 2. The van der Waals surface area contributed by atoms with Crippen LogP contribution in [0, 0.1) is 0 Å². The maximum absolute atomic E-state index is 12.6. The molecule has 0 spiro atoms. The molecule has 3 aromatic rings. The number of esters is 1. The Kier molecular flexibility index (Phi) is 5.04. The monoisotopic (exact) mass is 334 g/mol. The van der Waals surface area contributed by atoms with E-state index >= 15 is 0 Å². The number of nitrogens with zero attached hydrogens (tertiary/aromatic N) is 1. The van der Waals surface area contributed by atoms with Gasteiger partial charge in [0.2, 0.25) is 0 Å². The highest BCUT2D eigenvalue weighted by Crippen LogP contribution is 2.13. The molecule has 0 radical (unpaired) electrons. The Bertz CT molecular complexity index is 894.